The molecule has 0 amide bonds. The number of sulfonamides is 1. The molecule has 2 aliphatic heterocycles. The first-order valence-corrected chi connectivity index (χ1v) is 10.1. The van der Waals surface area contributed by atoms with E-state index in [4.69, 9.17) is 0 Å². The van der Waals surface area contributed by atoms with Crippen molar-refractivity contribution in [3.8, 4) is 0 Å². The van der Waals surface area contributed by atoms with E-state index < -0.39 is 10.0 Å². The summed E-state index contributed by atoms with van der Waals surface area (Å²) < 4.78 is 26.6. The van der Waals surface area contributed by atoms with Gasteiger partial charge in [-0.25, -0.2) is 12.7 Å². The molecule has 5 nitrogen and oxygen atoms in total. The second-order valence-electron chi connectivity index (χ2n) is 5.73. The van der Waals surface area contributed by atoms with Crippen molar-refractivity contribution in [2.24, 2.45) is 0 Å². The van der Waals surface area contributed by atoms with Gasteiger partial charge in [0.15, 0.2) is 0 Å². The Labute approximate surface area is 131 Å². The van der Waals surface area contributed by atoms with Gasteiger partial charge >= 0.3 is 0 Å². The lowest BCUT2D eigenvalue weighted by atomic mass is 10.2. The fourth-order valence-electron chi connectivity index (χ4n) is 3.12. The van der Waals surface area contributed by atoms with E-state index in [9.17, 15) is 8.42 Å². The summed E-state index contributed by atoms with van der Waals surface area (Å²) in [4.78, 5) is 3.59. The van der Waals surface area contributed by atoms with Crippen LogP contribution in [0.5, 0.6) is 0 Å². The Morgan fingerprint density at radius 2 is 2.10 bits per heavy atom. The molecule has 7 heteroatoms. The molecule has 1 aromatic heterocycles. The summed E-state index contributed by atoms with van der Waals surface area (Å²) in [6.45, 7) is 5.46. The van der Waals surface area contributed by atoms with Crippen LogP contribution in [0.3, 0.4) is 0 Å². The highest BCUT2D eigenvalue weighted by Crippen LogP contribution is 2.20. The molecule has 0 spiro atoms. The van der Waals surface area contributed by atoms with Gasteiger partial charge in [0.1, 0.15) is 0 Å². The third-order valence-corrected chi connectivity index (χ3v) is 7.15. The summed E-state index contributed by atoms with van der Waals surface area (Å²) in [7, 11) is -3.11. The summed E-state index contributed by atoms with van der Waals surface area (Å²) in [5.74, 6) is 0.238. The van der Waals surface area contributed by atoms with Crippen LogP contribution in [0.1, 0.15) is 11.3 Å². The van der Waals surface area contributed by atoms with Gasteiger partial charge < -0.3 is 5.32 Å². The number of nitrogens with one attached hydrogen (secondary N) is 1. The monoisotopic (exact) mass is 329 g/mol. The molecular weight excluding hydrogens is 306 g/mol. The summed E-state index contributed by atoms with van der Waals surface area (Å²) >= 11 is 1.63. The van der Waals surface area contributed by atoms with Crippen LogP contribution in [0.25, 0.3) is 0 Å². The number of nitrogens with zero attached hydrogens (tertiary/aromatic N) is 2. The molecule has 3 rings (SSSR count). The highest BCUT2D eigenvalue weighted by atomic mass is 32.2. The number of hydrogen-bond acceptors (Lipinski definition) is 5. The number of hydrogen-bond donors (Lipinski definition) is 1. The summed E-state index contributed by atoms with van der Waals surface area (Å²) in [6, 6.07) is 4.39. The molecule has 0 bridgehead atoms. The number of aryl methyl sites for hydroxylation is 1. The van der Waals surface area contributed by atoms with Crippen LogP contribution >= 0.6 is 11.3 Å². The lowest BCUT2D eigenvalue weighted by molar-refractivity contribution is 0.179. The Balaban J connectivity index is 1.54. The van der Waals surface area contributed by atoms with Gasteiger partial charge in [-0.05, 0) is 24.3 Å². The zero-order valence-corrected chi connectivity index (χ0v) is 13.8. The van der Waals surface area contributed by atoms with Gasteiger partial charge in [-0.3, -0.25) is 4.90 Å². The van der Waals surface area contributed by atoms with Crippen LogP contribution < -0.4 is 5.32 Å². The normalized spacial score (nSPS) is 25.4. The van der Waals surface area contributed by atoms with Gasteiger partial charge in [-0.2, -0.15) is 0 Å². The molecule has 1 atom stereocenters. The van der Waals surface area contributed by atoms with E-state index in [1.165, 1.54) is 0 Å². The third kappa shape index (κ3) is 3.84. The zero-order valence-electron chi connectivity index (χ0n) is 12.2. The average molecular weight is 329 g/mol. The van der Waals surface area contributed by atoms with E-state index in [1.807, 2.05) is 17.5 Å². The Morgan fingerprint density at radius 3 is 2.81 bits per heavy atom. The number of rotatable bonds is 5. The first-order chi connectivity index (χ1) is 10.1. The van der Waals surface area contributed by atoms with Crippen LogP contribution in [0, 0.1) is 0 Å². The van der Waals surface area contributed by atoms with Crippen LogP contribution in [-0.2, 0) is 16.4 Å². The molecule has 1 unspecified atom stereocenters. The quantitative estimate of drug-likeness (QED) is 0.859. The maximum Gasteiger partial charge on any atom is 0.214 e. The predicted octanol–water partition coefficient (Wildman–Crippen LogP) is 0.600. The van der Waals surface area contributed by atoms with E-state index in [-0.39, 0.29) is 5.75 Å². The second-order valence-corrected chi connectivity index (χ2v) is 8.85. The topological polar surface area (TPSA) is 52.7 Å². The number of thiophene rings is 1. The summed E-state index contributed by atoms with van der Waals surface area (Å²) in [5.41, 5.74) is 0. The predicted molar refractivity (Wildman–Crippen MR) is 86.2 cm³/mol. The van der Waals surface area contributed by atoms with Crippen LogP contribution in [0.2, 0.25) is 0 Å². The lowest BCUT2D eigenvalue weighted by Crippen LogP contribution is -2.49. The van der Waals surface area contributed by atoms with Crippen molar-refractivity contribution in [3.63, 3.8) is 0 Å². The van der Waals surface area contributed by atoms with Crippen molar-refractivity contribution in [1.29, 1.82) is 0 Å². The summed E-state index contributed by atoms with van der Waals surface area (Å²) in [6.07, 6.45) is 1.60. The smallest absolute Gasteiger partial charge is 0.214 e. The molecule has 21 heavy (non-hydrogen) atoms. The van der Waals surface area contributed by atoms with E-state index in [1.54, 1.807) is 15.6 Å². The van der Waals surface area contributed by atoms with E-state index in [2.05, 4.69) is 10.2 Å². The molecule has 2 fully saturated rings. The zero-order chi connectivity index (χ0) is 14.7. The fraction of sp³-hybridized carbons (Fsp3) is 0.714. The Bertz CT molecular complexity index is 539. The number of piperazine rings is 1. The highest BCUT2D eigenvalue weighted by Gasteiger charge is 2.34. The van der Waals surface area contributed by atoms with E-state index >= 15 is 0 Å². The van der Waals surface area contributed by atoms with Crippen molar-refractivity contribution in [2.45, 2.75) is 18.9 Å². The van der Waals surface area contributed by atoms with Gasteiger partial charge in [0.25, 0.3) is 0 Å². The van der Waals surface area contributed by atoms with Crippen LogP contribution in [0.15, 0.2) is 17.5 Å². The first-order valence-electron chi connectivity index (χ1n) is 7.60. The molecule has 0 saturated carbocycles. The van der Waals surface area contributed by atoms with E-state index in [0.717, 1.165) is 37.5 Å². The molecule has 2 saturated heterocycles. The maximum absolute atomic E-state index is 12.5. The molecule has 2 aliphatic rings. The molecule has 0 aliphatic carbocycles. The van der Waals surface area contributed by atoms with Crippen molar-refractivity contribution < 1.29 is 8.42 Å². The third-order valence-electron chi connectivity index (χ3n) is 4.37. The van der Waals surface area contributed by atoms with Gasteiger partial charge in [0.05, 0.1) is 5.75 Å². The minimum atomic E-state index is -3.11. The molecular formula is C14H23N3O2S2. The largest absolute Gasteiger partial charge is 0.314 e. The Kier molecular flexibility index (Phi) is 4.96. The van der Waals surface area contributed by atoms with Crippen LogP contribution in [0.4, 0.5) is 0 Å². The van der Waals surface area contributed by atoms with Crippen molar-refractivity contribution >= 4 is 21.4 Å². The van der Waals surface area contributed by atoms with Crippen LogP contribution in [-0.4, -0.2) is 68.7 Å². The maximum atomic E-state index is 12.5. The van der Waals surface area contributed by atoms with Gasteiger partial charge in [0, 0.05) is 50.2 Å². The SMILES string of the molecule is O=S(=O)(CCc1cccs1)N1CCC(N2CCNCC2)C1. The molecule has 1 aromatic rings. The van der Waals surface area contributed by atoms with Gasteiger partial charge in [-0.15, -0.1) is 11.3 Å². The fourth-order valence-corrected chi connectivity index (χ4v) is 5.48. The minimum absolute atomic E-state index is 0.238. The molecule has 0 aromatic carbocycles. The van der Waals surface area contributed by atoms with Gasteiger partial charge in [-0.1, -0.05) is 6.07 Å². The molecule has 1 N–H and O–H groups in total. The van der Waals surface area contributed by atoms with Crippen molar-refractivity contribution in [3.05, 3.63) is 22.4 Å². The standard InChI is InChI=1S/C14H23N3O2S2/c18-21(19,11-4-14-2-1-10-20-14)17-7-3-13(12-17)16-8-5-15-6-9-16/h1-2,10,13,15H,3-9,11-12H2. The molecule has 118 valence electrons. The van der Waals surface area contributed by atoms with Crippen molar-refractivity contribution in [2.75, 3.05) is 45.0 Å². The first kappa shape index (κ1) is 15.4. The summed E-state index contributed by atoms with van der Waals surface area (Å²) in [5, 5.41) is 5.34. The highest BCUT2D eigenvalue weighted by molar-refractivity contribution is 7.89. The minimum Gasteiger partial charge on any atom is -0.314 e. The van der Waals surface area contributed by atoms with Gasteiger partial charge in [0.2, 0.25) is 10.0 Å². The Hall–Kier alpha value is -0.470. The molecule has 0 radical (unpaired) electrons. The van der Waals surface area contributed by atoms with E-state index in [0.29, 0.717) is 25.6 Å². The Morgan fingerprint density at radius 1 is 1.29 bits per heavy atom. The lowest BCUT2D eigenvalue weighted by Gasteiger charge is -2.32. The molecule has 3 heterocycles. The average Bonchev–Trinajstić information content (AvgIpc) is 3.18. The second kappa shape index (κ2) is 6.75. The van der Waals surface area contributed by atoms with Crippen molar-refractivity contribution in [1.82, 2.24) is 14.5 Å².